The van der Waals surface area contributed by atoms with Gasteiger partial charge < -0.3 is 9.52 Å². The summed E-state index contributed by atoms with van der Waals surface area (Å²) in [5.74, 6) is 1.80. The average Bonchev–Trinajstić information content (AvgIpc) is 2.73. The van der Waals surface area contributed by atoms with Crippen LogP contribution >= 0.6 is 23.5 Å². The van der Waals surface area contributed by atoms with Crippen molar-refractivity contribution < 1.29 is 9.52 Å². The normalized spacial score (nSPS) is 15.3. The molecule has 4 nitrogen and oxygen atoms in total. The van der Waals surface area contributed by atoms with Crippen molar-refractivity contribution in [2.45, 2.75) is 5.75 Å². The zero-order chi connectivity index (χ0) is 10.7. The molecule has 0 radical (unpaired) electrons. The molecule has 1 N–H and O–H groups in total. The van der Waals surface area contributed by atoms with E-state index in [1.807, 2.05) is 0 Å². The highest BCUT2D eigenvalue weighted by molar-refractivity contribution is 8.38. The molecule has 0 saturated heterocycles. The highest BCUT2D eigenvalue weighted by Gasteiger charge is 2.09. The summed E-state index contributed by atoms with van der Waals surface area (Å²) in [5, 5.41) is 8.98. The SMILES string of the molecule is O=c1cc(CSC2=NCCS2)occ1O. The molecule has 0 bridgehead atoms. The van der Waals surface area contributed by atoms with Crippen LogP contribution in [0.4, 0.5) is 0 Å². The summed E-state index contributed by atoms with van der Waals surface area (Å²) in [6, 6.07) is 1.31. The molecule has 0 aliphatic carbocycles. The highest BCUT2D eigenvalue weighted by Crippen LogP contribution is 2.25. The van der Waals surface area contributed by atoms with Gasteiger partial charge in [0.1, 0.15) is 16.4 Å². The standard InChI is InChI=1S/C9H9NO3S2/c11-7-3-6(13-4-8(7)12)5-15-9-10-1-2-14-9/h3-4,12H,1-2,5H2. The fourth-order valence-corrected chi connectivity index (χ4v) is 2.95. The quantitative estimate of drug-likeness (QED) is 0.856. The Morgan fingerprint density at radius 3 is 3.20 bits per heavy atom. The molecule has 2 rings (SSSR count). The molecular weight excluding hydrogens is 234 g/mol. The molecular formula is C9H9NO3S2. The second kappa shape index (κ2) is 4.76. The molecule has 0 fully saturated rings. The van der Waals surface area contributed by atoms with Crippen molar-refractivity contribution in [2.24, 2.45) is 4.99 Å². The largest absolute Gasteiger partial charge is 0.502 e. The number of hydrogen-bond acceptors (Lipinski definition) is 6. The molecule has 1 aliphatic heterocycles. The molecule has 15 heavy (non-hydrogen) atoms. The first-order chi connectivity index (χ1) is 7.25. The van der Waals surface area contributed by atoms with E-state index in [1.165, 1.54) is 6.07 Å². The Morgan fingerprint density at radius 1 is 1.67 bits per heavy atom. The summed E-state index contributed by atoms with van der Waals surface area (Å²) in [5.41, 5.74) is -0.405. The van der Waals surface area contributed by atoms with Crippen LogP contribution in [0.5, 0.6) is 5.75 Å². The van der Waals surface area contributed by atoms with E-state index in [0.717, 1.165) is 22.9 Å². The van der Waals surface area contributed by atoms with Crippen LogP contribution in [0.2, 0.25) is 0 Å². The predicted octanol–water partition coefficient (Wildman–Crippen LogP) is 1.68. The van der Waals surface area contributed by atoms with E-state index in [4.69, 9.17) is 9.52 Å². The van der Waals surface area contributed by atoms with Crippen molar-refractivity contribution >= 4 is 27.9 Å². The summed E-state index contributed by atoms with van der Waals surface area (Å²) in [4.78, 5) is 15.3. The molecule has 1 aromatic heterocycles. The van der Waals surface area contributed by atoms with Crippen molar-refractivity contribution in [2.75, 3.05) is 12.3 Å². The van der Waals surface area contributed by atoms with Crippen LogP contribution < -0.4 is 5.43 Å². The van der Waals surface area contributed by atoms with E-state index in [1.54, 1.807) is 23.5 Å². The van der Waals surface area contributed by atoms with Crippen LogP contribution in [-0.4, -0.2) is 21.8 Å². The van der Waals surface area contributed by atoms with Crippen LogP contribution in [0.15, 0.2) is 26.5 Å². The van der Waals surface area contributed by atoms with E-state index < -0.39 is 5.43 Å². The van der Waals surface area contributed by atoms with E-state index >= 15 is 0 Å². The number of nitrogens with zero attached hydrogens (tertiary/aromatic N) is 1. The van der Waals surface area contributed by atoms with Gasteiger partial charge in [0.15, 0.2) is 5.75 Å². The van der Waals surface area contributed by atoms with Crippen molar-refractivity contribution in [3.05, 3.63) is 28.3 Å². The average molecular weight is 243 g/mol. The molecule has 6 heteroatoms. The van der Waals surface area contributed by atoms with Crippen LogP contribution in [0.1, 0.15) is 5.76 Å². The third-order valence-electron chi connectivity index (χ3n) is 1.76. The zero-order valence-electron chi connectivity index (χ0n) is 7.80. The third kappa shape index (κ3) is 2.79. The van der Waals surface area contributed by atoms with Crippen LogP contribution in [0.3, 0.4) is 0 Å². The van der Waals surface area contributed by atoms with Crippen LogP contribution in [-0.2, 0) is 5.75 Å². The molecule has 2 heterocycles. The Morgan fingerprint density at radius 2 is 2.53 bits per heavy atom. The summed E-state index contributed by atoms with van der Waals surface area (Å²) in [6.07, 6.45) is 1.07. The molecule has 1 aliphatic rings. The second-order valence-electron chi connectivity index (χ2n) is 2.88. The van der Waals surface area contributed by atoms with Gasteiger partial charge in [0.2, 0.25) is 5.43 Å². The summed E-state index contributed by atoms with van der Waals surface area (Å²) >= 11 is 3.26. The lowest BCUT2D eigenvalue weighted by Gasteiger charge is -1.99. The van der Waals surface area contributed by atoms with Crippen LogP contribution in [0.25, 0.3) is 0 Å². The lowest BCUT2D eigenvalue weighted by Crippen LogP contribution is -1.99. The van der Waals surface area contributed by atoms with Gasteiger partial charge in [0, 0.05) is 11.8 Å². The number of thioether (sulfide) groups is 2. The Bertz CT molecular complexity index is 441. The first kappa shape index (κ1) is 10.6. The molecule has 0 atom stereocenters. The number of hydrogen-bond donors (Lipinski definition) is 1. The van der Waals surface area contributed by atoms with Gasteiger partial charge >= 0.3 is 0 Å². The maximum atomic E-state index is 11.1. The van der Waals surface area contributed by atoms with Gasteiger partial charge in [-0.05, 0) is 0 Å². The third-order valence-corrected chi connectivity index (χ3v) is 4.04. The minimum atomic E-state index is -0.405. The van der Waals surface area contributed by atoms with E-state index in [-0.39, 0.29) is 5.75 Å². The van der Waals surface area contributed by atoms with E-state index in [0.29, 0.717) is 11.5 Å². The Kier molecular flexibility index (Phi) is 3.37. The van der Waals surface area contributed by atoms with Gasteiger partial charge in [-0.3, -0.25) is 9.79 Å². The van der Waals surface area contributed by atoms with Gasteiger partial charge in [0.25, 0.3) is 0 Å². The lowest BCUT2D eigenvalue weighted by atomic mass is 10.4. The Balaban J connectivity index is 1.99. The van der Waals surface area contributed by atoms with Crippen molar-refractivity contribution in [1.29, 1.82) is 0 Å². The smallest absolute Gasteiger partial charge is 0.226 e. The number of aromatic hydroxyl groups is 1. The molecule has 0 amide bonds. The molecule has 80 valence electrons. The Hall–Kier alpha value is -0.880. The minimum Gasteiger partial charge on any atom is -0.502 e. The van der Waals surface area contributed by atoms with Crippen LogP contribution in [0, 0.1) is 0 Å². The van der Waals surface area contributed by atoms with E-state index in [2.05, 4.69) is 4.99 Å². The molecule has 0 spiro atoms. The van der Waals surface area contributed by atoms with Crippen molar-refractivity contribution in [3.8, 4) is 5.75 Å². The van der Waals surface area contributed by atoms with E-state index in [9.17, 15) is 4.79 Å². The van der Waals surface area contributed by atoms with Gasteiger partial charge in [-0.1, -0.05) is 23.5 Å². The van der Waals surface area contributed by atoms with Gasteiger partial charge in [-0.25, -0.2) is 0 Å². The fraction of sp³-hybridized carbons (Fsp3) is 0.333. The molecule has 0 aromatic carbocycles. The topological polar surface area (TPSA) is 62.8 Å². The van der Waals surface area contributed by atoms with Crippen molar-refractivity contribution in [3.63, 3.8) is 0 Å². The second-order valence-corrected chi connectivity index (χ2v) is 5.19. The number of aliphatic imine (C=N–C) groups is 1. The predicted molar refractivity (Wildman–Crippen MR) is 62.7 cm³/mol. The summed E-state index contributed by atoms with van der Waals surface area (Å²) in [6.45, 7) is 0.868. The molecule has 1 aromatic rings. The van der Waals surface area contributed by atoms with Gasteiger partial charge in [0.05, 0.1) is 12.3 Å². The molecule has 0 unspecified atom stereocenters. The lowest BCUT2D eigenvalue weighted by molar-refractivity contribution is 0.419. The summed E-state index contributed by atoms with van der Waals surface area (Å²) in [7, 11) is 0. The monoisotopic (exact) mass is 243 g/mol. The maximum Gasteiger partial charge on any atom is 0.226 e. The van der Waals surface area contributed by atoms with Crippen molar-refractivity contribution in [1.82, 2.24) is 0 Å². The first-order valence-electron chi connectivity index (χ1n) is 4.36. The fourth-order valence-electron chi connectivity index (χ4n) is 1.06. The molecule has 0 saturated carbocycles. The maximum absolute atomic E-state index is 11.1. The minimum absolute atomic E-state index is 0.351. The first-order valence-corrected chi connectivity index (χ1v) is 6.33. The van der Waals surface area contributed by atoms with Gasteiger partial charge in [-0.2, -0.15) is 0 Å². The number of rotatable bonds is 2. The Labute approximate surface area is 94.8 Å². The highest BCUT2D eigenvalue weighted by atomic mass is 32.2. The summed E-state index contributed by atoms with van der Waals surface area (Å²) < 4.78 is 6.10. The van der Waals surface area contributed by atoms with Gasteiger partial charge in [-0.15, -0.1) is 0 Å². The zero-order valence-corrected chi connectivity index (χ0v) is 9.44.